The molecule has 0 saturated carbocycles. The third-order valence-corrected chi connectivity index (χ3v) is 9.96. The van der Waals surface area contributed by atoms with Gasteiger partial charge in [0, 0.05) is 48.7 Å². The van der Waals surface area contributed by atoms with Gasteiger partial charge >= 0.3 is 5.97 Å². The van der Waals surface area contributed by atoms with Crippen LogP contribution in [0.5, 0.6) is 5.75 Å². The monoisotopic (exact) mass is 700 g/mol. The van der Waals surface area contributed by atoms with Gasteiger partial charge in [-0.15, -0.1) is 0 Å². The molecule has 3 heterocycles. The lowest BCUT2D eigenvalue weighted by Gasteiger charge is -2.28. The molecule has 1 fully saturated rings. The number of benzene rings is 3. The van der Waals surface area contributed by atoms with E-state index in [-0.39, 0.29) is 45.9 Å². The van der Waals surface area contributed by atoms with Crippen LogP contribution >= 0.6 is 0 Å². The van der Waals surface area contributed by atoms with E-state index in [1.807, 2.05) is 13.8 Å². The molecule has 0 amide bonds. The number of hydrogen-bond donors (Lipinski definition) is 4. The van der Waals surface area contributed by atoms with E-state index in [0.29, 0.717) is 59.8 Å². The molecule has 1 aliphatic heterocycles. The fourth-order valence-corrected chi connectivity index (χ4v) is 7.13. The number of anilines is 2. The van der Waals surface area contributed by atoms with E-state index in [2.05, 4.69) is 30.3 Å². The highest BCUT2D eigenvalue weighted by Crippen LogP contribution is 2.39. The van der Waals surface area contributed by atoms with Crippen molar-refractivity contribution in [3.8, 4) is 16.9 Å². The first-order valence-electron chi connectivity index (χ1n) is 16.2. The number of rotatable bonds is 12. The van der Waals surface area contributed by atoms with Crippen molar-refractivity contribution in [2.45, 2.75) is 44.2 Å². The van der Waals surface area contributed by atoms with E-state index in [1.54, 1.807) is 48.7 Å². The van der Waals surface area contributed by atoms with E-state index in [0.717, 1.165) is 5.69 Å². The number of hydrogen-bond acceptors (Lipinski definition) is 10. The number of halogens is 1. The number of methoxy groups -OCH3 is 1. The van der Waals surface area contributed by atoms with Gasteiger partial charge in [0.2, 0.25) is 10.0 Å². The predicted molar refractivity (Wildman–Crippen MR) is 187 cm³/mol. The average Bonchev–Trinajstić information content (AvgIpc) is 3.13. The highest BCUT2D eigenvalue weighted by atomic mass is 32.2. The number of ether oxygens (including phenoxy) is 2. The molecule has 4 N–H and O–H groups in total. The molecular weight excluding hydrogens is 663 g/mol. The first-order valence-corrected chi connectivity index (χ1v) is 17.7. The van der Waals surface area contributed by atoms with Crippen molar-refractivity contribution in [1.82, 2.24) is 25.0 Å². The lowest BCUT2D eigenvalue weighted by atomic mass is 9.97. The van der Waals surface area contributed by atoms with Gasteiger partial charge in [-0.25, -0.2) is 32.3 Å². The number of nitrogens with one attached hydrogen (secondary N) is 3. The summed E-state index contributed by atoms with van der Waals surface area (Å²) < 4.78 is 58.0. The molecule has 1 atom stereocenters. The largest absolute Gasteiger partial charge is 0.497 e. The third-order valence-electron chi connectivity index (χ3n) is 8.55. The Kier molecular flexibility index (Phi) is 10.3. The summed E-state index contributed by atoms with van der Waals surface area (Å²) in [6.07, 6.45) is 4.07. The summed E-state index contributed by atoms with van der Waals surface area (Å²) in [5, 5.41) is 16.4. The molecule has 1 saturated heterocycles. The fourth-order valence-electron chi connectivity index (χ4n) is 6.00. The Morgan fingerprint density at radius 1 is 1.10 bits per heavy atom. The Balaban J connectivity index is 1.51. The molecular formula is C36H37FN6O6S. The van der Waals surface area contributed by atoms with Crippen molar-refractivity contribution in [2.24, 2.45) is 0 Å². The Bertz CT molecular complexity index is 2160. The highest BCUT2D eigenvalue weighted by Gasteiger charge is 2.28. The van der Waals surface area contributed by atoms with Gasteiger partial charge in [-0.2, -0.15) is 0 Å². The van der Waals surface area contributed by atoms with Crippen LogP contribution in [-0.2, 0) is 34.1 Å². The number of carboxylic acid groups (broad SMARTS) is 1. The van der Waals surface area contributed by atoms with Crippen LogP contribution in [0.15, 0.2) is 71.9 Å². The van der Waals surface area contributed by atoms with Gasteiger partial charge in [-0.1, -0.05) is 32.0 Å². The maximum absolute atomic E-state index is 16.6. The van der Waals surface area contributed by atoms with Crippen LogP contribution in [0.3, 0.4) is 0 Å². The van der Waals surface area contributed by atoms with E-state index >= 15 is 4.39 Å². The van der Waals surface area contributed by atoms with Crippen LogP contribution in [0.25, 0.3) is 22.0 Å². The number of aromatic nitrogens is 3. The summed E-state index contributed by atoms with van der Waals surface area (Å²) in [6.45, 7) is 4.95. The second kappa shape index (κ2) is 14.8. The van der Waals surface area contributed by atoms with Gasteiger partial charge in [0.15, 0.2) is 0 Å². The number of fused-ring (bicyclic) bond motifs is 1. The van der Waals surface area contributed by atoms with Crippen LogP contribution in [0.1, 0.15) is 52.9 Å². The Labute approximate surface area is 289 Å². The third kappa shape index (κ3) is 7.14. The second-order valence-electron chi connectivity index (χ2n) is 11.7. The Morgan fingerprint density at radius 3 is 2.58 bits per heavy atom. The average molecular weight is 701 g/mol. The summed E-state index contributed by atoms with van der Waals surface area (Å²) in [7, 11) is -2.79. The minimum absolute atomic E-state index is 0.0104. The lowest BCUT2D eigenvalue weighted by Crippen LogP contribution is -2.36. The predicted octanol–water partition coefficient (Wildman–Crippen LogP) is 5.55. The van der Waals surface area contributed by atoms with E-state index < -0.39 is 27.9 Å². The molecule has 2 aromatic heterocycles. The van der Waals surface area contributed by atoms with Crippen molar-refractivity contribution < 1.29 is 32.2 Å². The van der Waals surface area contributed by atoms with E-state index in [1.165, 1.54) is 25.4 Å². The van der Waals surface area contributed by atoms with Crippen LogP contribution in [0, 0.1) is 5.82 Å². The zero-order chi connectivity index (χ0) is 35.4. The van der Waals surface area contributed by atoms with Crippen molar-refractivity contribution in [2.75, 3.05) is 32.2 Å². The van der Waals surface area contributed by atoms with Gasteiger partial charge in [0.25, 0.3) is 0 Å². The Hall–Kier alpha value is -5.02. The highest BCUT2D eigenvalue weighted by molar-refractivity contribution is 7.89. The number of carboxylic acids is 1. The van der Waals surface area contributed by atoms with Crippen LogP contribution < -0.4 is 20.1 Å². The topological polar surface area (TPSA) is 165 Å². The molecule has 3 aromatic carbocycles. The summed E-state index contributed by atoms with van der Waals surface area (Å²) in [6, 6.07) is 14.0. The number of aryl methyl sites for hydroxylation is 2. The second-order valence-corrected chi connectivity index (χ2v) is 13.4. The van der Waals surface area contributed by atoms with Gasteiger partial charge in [-0.05, 0) is 53.9 Å². The molecule has 1 unspecified atom stereocenters. The standard InChI is InChI=1S/C36H37FN6O6S/c1-4-27-25(18-40-32(5-2)42-27)22-15-26(37)34-29(16-22)39-19-31(50(46,47)41-17-21-9-11-23(48-3)12-10-21)35(34)43-28-8-6-7-24(36(44)45)33(28)30-20-49-14-13-38-30/h6-12,15-16,18-19,30,38,41H,4-5,13-14,17,20H2,1-3H3,(H,39,43)(H,44,45). The zero-order valence-corrected chi connectivity index (χ0v) is 28.6. The van der Waals surface area contributed by atoms with Gasteiger partial charge in [0.1, 0.15) is 22.3 Å². The van der Waals surface area contributed by atoms with Crippen molar-refractivity contribution in [1.29, 1.82) is 0 Å². The SMILES string of the molecule is CCc1ncc(-c2cc(F)c3c(Nc4cccc(C(=O)O)c4C4COCCN4)c(S(=O)(=O)NCc4ccc(OC)cc4)cnc3c2)c(CC)n1. The first kappa shape index (κ1) is 34.8. The Morgan fingerprint density at radius 2 is 1.90 bits per heavy atom. The van der Waals surface area contributed by atoms with Gasteiger partial charge in [-0.3, -0.25) is 4.98 Å². The van der Waals surface area contributed by atoms with Crippen LogP contribution in [-0.4, -0.2) is 61.3 Å². The number of nitrogens with zero attached hydrogens (tertiary/aromatic N) is 3. The maximum atomic E-state index is 16.6. The minimum Gasteiger partial charge on any atom is -0.497 e. The van der Waals surface area contributed by atoms with Crippen molar-refractivity contribution in [3.63, 3.8) is 0 Å². The molecule has 50 heavy (non-hydrogen) atoms. The number of aromatic carboxylic acids is 1. The first-order chi connectivity index (χ1) is 24.1. The van der Waals surface area contributed by atoms with Gasteiger partial charge in [0.05, 0.1) is 54.2 Å². The molecule has 14 heteroatoms. The maximum Gasteiger partial charge on any atom is 0.336 e. The normalized spacial score (nSPS) is 14.8. The quantitative estimate of drug-likeness (QED) is 0.129. The lowest BCUT2D eigenvalue weighted by molar-refractivity contribution is 0.0673. The molecule has 260 valence electrons. The van der Waals surface area contributed by atoms with Crippen molar-refractivity contribution in [3.05, 3.63) is 101 Å². The van der Waals surface area contributed by atoms with E-state index in [9.17, 15) is 18.3 Å². The summed E-state index contributed by atoms with van der Waals surface area (Å²) in [5.41, 5.74) is 3.21. The number of pyridine rings is 1. The summed E-state index contributed by atoms with van der Waals surface area (Å²) >= 11 is 0. The minimum atomic E-state index is -4.33. The van der Waals surface area contributed by atoms with E-state index in [4.69, 9.17) is 9.47 Å². The smallest absolute Gasteiger partial charge is 0.336 e. The molecule has 0 spiro atoms. The summed E-state index contributed by atoms with van der Waals surface area (Å²) in [5.74, 6) is -0.626. The molecule has 6 rings (SSSR count). The molecule has 12 nitrogen and oxygen atoms in total. The van der Waals surface area contributed by atoms with Crippen LogP contribution in [0.2, 0.25) is 0 Å². The molecule has 5 aromatic rings. The fraction of sp³-hybridized carbons (Fsp3) is 0.278. The number of carbonyl (C=O) groups is 1. The molecule has 0 bridgehead atoms. The zero-order valence-electron chi connectivity index (χ0n) is 27.8. The molecule has 0 radical (unpaired) electrons. The molecule has 1 aliphatic rings. The molecule has 0 aliphatic carbocycles. The van der Waals surface area contributed by atoms with Crippen LogP contribution in [0.4, 0.5) is 15.8 Å². The number of sulfonamides is 1. The van der Waals surface area contributed by atoms with Gasteiger partial charge < -0.3 is 25.2 Å². The van der Waals surface area contributed by atoms with Crippen molar-refractivity contribution >= 4 is 38.3 Å². The summed E-state index contributed by atoms with van der Waals surface area (Å²) in [4.78, 5) is 25.6. The number of morpholine rings is 1.